The van der Waals surface area contributed by atoms with Gasteiger partial charge in [0.25, 0.3) is 0 Å². The fourth-order valence-electron chi connectivity index (χ4n) is 1.79. The molecule has 0 atom stereocenters. The van der Waals surface area contributed by atoms with Gasteiger partial charge in [0.05, 0.1) is 11.3 Å². The van der Waals surface area contributed by atoms with Crippen molar-refractivity contribution in [1.82, 2.24) is 4.98 Å². The van der Waals surface area contributed by atoms with Gasteiger partial charge in [-0.2, -0.15) is 13.2 Å². The highest BCUT2D eigenvalue weighted by atomic mass is 19.4. The van der Waals surface area contributed by atoms with E-state index in [-0.39, 0.29) is 5.69 Å². The molecule has 1 nitrogen and oxygen atoms in total. The summed E-state index contributed by atoms with van der Waals surface area (Å²) in [5.41, 5.74) is -0.410. The Morgan fingerprint density at radius 2 is 1.82 bits per heavy atom. The third kappa shape index (κ3) is 4.75. The Kier molecular flexibility index (Phi) is 5.45. The highest BCUT2D eigenvalue weighted by Crippen LogP contribution is 2.31. The summed E-state index contributed by atoms with van der Waals surface area (Å²) in [5, 5.41) is 0. The number of rotatable bonds is 6. The number of aromatic nitrogens is 1. The van der Waals surface area contributed by atoms with Gasteiger partial charge in [0, 0.05) is 6.20 Å². The maximum absolute atomic E-state index is 12.6. The summed E-state index contributed by atoms with van der Waals surface area (Å²) in [6.45, 7) is 2.11. The minimum Gasteiger partial charge on any atom is -0.261 e. The summed E-state index contributed by atoms with van der Waals surface area (Å²) in [4.78, 5) is 3.84. The van der Waals surface area contributed by atoms with Crippen LogP contribution >= 0.6 is 0 Å². The minimum absolute atomic E-state index is 0.177. The van der Waals surface area contributed by atoms with E-state index in [1.807, 2.05) is 0 Å². The zero-order valence-electron chi connectivity index (χ0n) is 10.1. The molecule has 0 aliphatic carbocycles. The van der Waals surface area contributed by atoms with Crippen molar-refractivity contribution in [3.05, 3.63) is 29.6 Å². The summed E-state index contributed by atoms with van der Waals surface area (Å²) in [6.07, 6.45) is 2.68. The minimum atomic E-state index is -4.28. The molecule has 0 aliphatic rings. The Hall–Kier alpha value is -1.06. The van der Waals surface area contributed by atoms with Crippen molar-refractivity contribution in [2.75, 3.05) is 0 Å². The van der Waals surface area contributed by atoms with E-state index in [9.17, 15) is 13.2 Å². The van der Waals surface area contributed by atoms with E-state index in [0.29, 0.717) is 6.42 Å². The summed E-state index contributed by atoms with van der Waals surface area (Å²) in [7, 11) is 0. The molecular weight excluding hydrogens is 227 g/mol. The third-order valence-corrected chi connectivity index (χ3v) is 2.71. The summed E-state index contributed by atoms with van der Waals surface area (Å²) < 4.78 is 37.9. The highest BCUT2D eigenvalue weighted by molar-refractivity contribution is 5.22. The van der Waals surface area contributed by atoms with E-state index in [2.05, 4.69) is 11.9 Å². The molecule has 1 aromatic heterocycles. The molecule has 0 bridgehead atoms. The van der Waals surface area contributed by atoms with Crippen LogP contribution in [0.5, 0.6) is 0 Å². The predicted octanol–water partition coefficient (Wildman–Crippen LogP) is 4.61. The first kappa shape index (κ1) is 14.0. The van der Waals surface area contributed by atoms with Crippen molar-refractivity contribution in [3.8, 4) is 0 Å². The fraction of sp³-hybridized carbons (Fsp3) is 0.615. The van der Waals surface area contributed by atoms with Crippen LogP contribution in [0.4, 0.5) is 13.2 Å². The summed E-state index contributed by atoms with van der Waals surface area (Å²) >= 11 is 0. The molecule has 4 heteroatoms. The Morgan fingerprint density at radius 3 is 2.47 bits per heavy atom. The van der Waals surface area contributed by atoms with Crippen molar-refractivity contribution in [1.29, 1.82) is 0 Å². The zero-order valence-corrected chi connectivity index (χ0v) is 10.1. The molecule has 0 spiro atoms. The zero-order chi connectivity index (χ0) is 12.7. The van der Waals surface area contributed by atoms with Crippen molar-refractivity contribution in [3.63, 3.8) is 0 Å². The molecule has 1 heterocycles. The van der Waals surface area contributed by atoms with Crippen LogP contribution in [-0.4, -0.2) is 4.98 Å². The van der Waals surface area contributed by atoms with Gasteiger partial charge >= 0.3 is 6.18 Å². The van der Waals surface area contributed by atoms with Crippen molar-refractivity contribution in [2.45, 2.75) is 51.6 Å². The Morgan fingerprint density at radius 1 is 1.12 bits per heavy atom. The van der Waals surface area contributed by atoms with Gasteiger partial charge in [-0.05, 0) is 25.0 Å². The lowest BCUT2D eigenvalue weighted by Gasteiger charge is -2.11. The van der Waals surface area contributed by atoms with E-state index in [4.69, 9.17) is 0 Å². The molecule has 1 rings (SSSR count). The smallest absolute Gasteiger partial charge is 0.261 e. The topological polar surface area (TPSA) is 12.9 Å². The fourth-order valence-corrected chi connectivity index (χ4v) is 1.79. The SMILES string of the molecule is CCCCCCCc1ncccc1C(F)(F)F. The Balaban J connectivity index is 2.53. The second kappa shape index (κ2) is 6.62. The molecule has 0 fully saturated rings. The molecule has 0 aliphatic heterocycles. The van der Waals surface area contributed by atoms with Crippen LogP contribution < -0.4 is 0 Å². The van der Waals surface area contributed by atoms with Gasteiger partial charge in [0.15, 0.2) is 0 Å². The Bertz CT molecular complexity index is 334. The lowest BCUT2D eigenvalue weighted by atomic mass is 10.1. The maximum atomic E-state index is 12.6. The van der Waals surface area contributed by atoms with E-state index >= 15 is 0 Å². The molecule has 1 aromatic rings. The molecule has 0 saturated heterocycles. The van der Waals surface area contributed by atoms with Gasteiger partial charge in [-0.3, -0.25) is 4.98 Å². The van der Waals surface area contributed by atoms with Crippen LogP contribution in [0, 0.1) is 0 Å². The predicted molar refractivity (Wildman–Crippen MR) is 61.7 cm³/mol. The summed E-state index contributed by atoms with van der Waals surface area (Å²) in [5.74, 6) is 0. The molecule has 0 unspecified atom stereocenters. The number of hydrogen-bond acceptors (Lipinski definition) is 1. The van der Waals surface area contributed by atoms with Crippen molar-refractivity contribution >= 4 is 0 Å². The quantitative estimate of drug-likeness (QED) is 0.667. The van der Waals surface area contributed by atoms with Gasteiger partial charge in [-0.25, -0.2) is 0 Å². The van der Waals surface area contributed by atoms with Gasteiger partial charge < -0.3 is 0 Å². The van der Waals surface area contributed by atoms with Gasteiger partial charge in [-0.15, -0.1) is 0 Å². The number of pyridine rings is 1. The van der Waals surface area contributed by atoms with Crippen molar-refractivity contribution < 1.29 is 13.2 Å². The molecule has 96 valence electrons. The van der Waals surface area contributed by atoms with Crippen LogP contribution in [0.1, 0.15) is 50.3 Å². The first-order valence-corrected chi connectivity index (χ1v) is 6.06. The molecule has 0 N–H and O–H groups in total. The first-order chi connectivity index (χ1) is 8.05. The first-order valence-electron chi connectivity index (χ1n) is 6.06. The van der Waals surface area contributed by atoms with E-state index in [1.54, 1.807) is 0 Å². The maximum Gasteiger partial charge on any atom is 0.418 e. The summed E-state index contributed by atoms with van der Waals surface area (Å²) in [6, 6.07) is 2.44. The van der Waals surface area contributed by atoms with E-state index in [1.165, 1.54) is 12.3 Å². The van der Waals surface area contributed by atoms with Crippen LogP contribution in [0.2, 0.25) is 0 Å². The number of unbranched alkanes of at least 4 members (excludes halogenated alkanes) is 4. The molecule has 17 heavy (non-hydrogen) atoms. The van der Waals surface area contributed by atoms with E-state index < -0.39 is 11.7 Å². The lowest BCUT2D eigenvalue weighted by molar-refractivity contribution is -0.138. The molecule has 0 amide bonds. The van der Waals surface area contributed by atoms with Crippen molar-refractivity contribution in [2.24, 2.45) is 0 Å². The highest BCUT2D eigenvalue weighted by Gasteiger charge is 2.33. The monoisotopic (exact) mass is 245 g/mol. The molecule has 0 radical (unpaired) electrons. The third-order valence-electron chi connectivity index (χ3n) is 2.71. The van der Waals surface area contributed by atoms with Crippen LogP contribution in [-0.2, 0) is 12.6 Å². The average molecular weight is 245 g/mol. The number of halogens is 3. The number of aryl methyl sites for hydroxylation is 1. The molecule has 0 saturated carbocycles. The average Bonchev–Trinajstić information content (AvgIpc) is 2.28. The van der Waals surface area contributed by atoms with Crippen LogP contribution in [0.25, 0.3) is 0 Å². The van der Waals surface area contributed by atoms with Crippen LogP contribution in [0.3, 0.4) is 0 Å². The van der Waals surface area contributed by atoms with Gasteiger partial charge in [-0.1, -0.05) is 32.6 Å². The second-order valence-corrected chi connectivity index (χ2v) is 4.16. The largest absolute Gasteiger partial charge is 0.418 e. The molecule has 0 aromatic carbocycles. The van der Waals surface area contributed by atoms with Gasteiger partial charge in [0.2, 0.25) is 0 Å². The second-order valence-electron chi connectivity index (χ2n) is 4.16. The van der Waals surface area contributed by atoms with E-state index in [0.717, 1.165) is 38.2 Å². The standard InChI is InChI=1S/C13H18F3N/c1-2-3-4-5-6-9-12-11(13(14,15)16)8-7-10-17-12/h7-8,10H,2-6,9H2,1H3. The Labute approximate surface area is 100 Å². The number of alkyl halides is 3. The van der Waals surface area contributed by atoms with Gasteiger partial charge in [0.1, 0.15) is 0 Å². The number of nitrogens with zero attached hydrogens (tertiary/aromatic N) is 1. The lowest BCUT2D eigenvalue weighted by Crippen LogP contribution is -2.10. The normalized spacial score (nSPS) is 11.8. The number of hydrogen-bond donors (Lipinski definition) is 0. The molecular formula is C13H18F3N. The van der Waals surface area contributed by atoms with Crippen LogP contribution in [0.15, 0.2) is 18.3 Å².